The smallest absolute Gasteiger partial charge is 0.335 e. The van der Waals surface area contributed by atoms with Crippen LogP contribution in [-0.4, -0.2) is 34.5 Å². The van der Waals surface area contributed by atoms with Gasteiger partial charge in [-0.15, -0.1) is 0 Å². The lowest BCUT2D eigenvalue weighted by molar-refractivity contribution is 0.0697. The lowest BCUT2D eigenvalue weighted by atomic mass is 10.1. The molecule has 1 atom stereocenters. The minimum atomic E-state index is -1.02. The molecule has 0 aromatic heterocycles. The first-order valence-corrected chi connectivity index (χ1v) is 6.95. The first-order valence-electron chi connectivity index (χ1n) is 5.90. The van der Waals surface area contributed by atoms with Gasteiger partial charge in [-0.25, -0.2) is 4.79 Å². The Morgan fingerprint density at radius 1 is 1.39 bits per heavy atom. The molecular weight excluding hydrogens is 250 g/mol. The van der Waals surface area contributed by atoms with Crippen molar-refractivity contribution in [2.24, 2.45) is 0 Å². The number of rotatable bonds is 4. The predicted molar refractivity (Wildman–Crippen MR) is 71.2 cm³/mol. The van der Waals surface area contributed by atoms with Crippen LogP contribution in [0, 0.1) is 0 Å². The molecule has 18 heavy (non-hydrogen) atoms. The highest BCUT2D eigenvalue weighted by molar-refractivity contribution is 8.00. The SMILES string of the molecule is O=C(O)c1cccc(C(=O)NC[C@H]2CCCS2)c1. The second-order valence-corrected chi connectivity index (χ2v) is 5.64. The summed E-state index contributed by atoms with van der Waals surface area (Å²) in [6.07, 6.45) is 2.35. The van der Waals surface area contributed by atoms with Crippen molar-refractivity contribution in [3.8, 4) is 0 Å². The first-order chi connectivity index (χ1) is 8.66. The second kappa shape index (κ2) is 5.91. The molecule has 1 heterocycles. The molecule has 1 fully saturated rings. The zero-order chi connectivity index (χ0) is 13.0. The Labute approximate surface area is 110 Å². The van der Waals surface area contributed by atoms with Crippen molar-refractivity contribution >= 4 is 23.6 Å². The zero-order valence-corrected chi connectivity index (χ0v) is 10.7. The molecule has 0 radical (unpaired) electrons. The monoisotopic (exact) mass is 265 g/mol. The summed E-state index contributed by atoms with van der Waals surface area (Å²) in [6.45, 7) is 0.654. The number of carboxylic acids is 1. The molecule has 1 amide bonds. The van der Waals surface area contributed by atoms with Gasteiger partial charge in [-0.3, -0.25) is 4.79 Å². The van der Waals surface area contributed by atoms with Crippen LogP contribution in [0.2, 0.25) is 0 Å². The van der Waals surface area contributed by atoms with Crippen LogP contribution in [0.25, 0.3) is 0 Å². The van der Waals surface area contributed by atoms with E-state index in [4.69, 9.17) is 5.11 Å². The van der Waals surface area contributed by atoms with E-state index in [0.717, 1.165) is 12.2 Å². The molecule has 1 aliphatic rings. The number of hydrogen-bond acceptors (Lipinski definition) is 3. The summed E-state index contributed by atoms with van der Waals surface area (Å²) in [5.41, 5.74) is 0.538. The Hall–Kier alpha value is -1.49. The zero-order valence-electron chi connectivity index (χ0n) is 9.89. The number of carbonyl (C=O) groups is 2. The van der Waals surface area contributed by atoms with Crippen molar-refractivity contribution in [2.75, 3.05) is 12.3 Å². The molecule has 1 saturated heterocycles. The summed E-state index contributed by atoms with van der Waals surface area (Å²) >= 11 is 1.88. The number of carboxylic acid groups (broad SMARTS) is 1. The minimum absolute atomic E-state index is 0.137. The fraction of sp³-hybridized carbons (Fsp3) is 0.385. The average molecular weight is 265 g/mol. The lowest BCUT2D eigenvalue weighted by Gasteiger charge is -2.10. The van der Waals surface area contributed by atoms with Gasteiger partial charge in [-0.05, 0) is 36.8 Å². The van der Waals surface area contributed by atoms with Crippen molar-refractivity contribution in [3.63, 3.8) is 0 Å². The summed E-state index contributed by atoms with van der Waals surface area (Å²) in [5, 5.41) is 12.2. The highest BCUT2D eigenvalue weighted by atomic mass is 32.2. The molecule has 1 aliphatic heterocycles. The predicted octanol–water partition coefficient (Wildman–Crippen LogP) is 2.01. The van der Waals surface area contributed by atoms with Gasteiger partial charge in [0, 0.05) is 17.4 Å². The Morgan fingerprint density at radius 3 is 2.83 bits per heavy atom. The summed E-state index contributed by atoms with van der Waals surface area (Å²) < 4.78 is 0. The molecule has 5 heteroatoms. The van der Waals surface area contributed by atoms with Crippen molar-refractivity contribution in [2.45, 2.75) is 18.1 Å². The summed E-state index contributed by atoms with van der Waals surface area (Å²) in [5.74, 6) is -0.0590. The molecule has 1 aromatic rings. The number of benzene rings is 1. The normalized spacial score (nSPS) is 18.6. The van der Waals surface area contributed by atoms with Gasteiger partial charge in [0.2, 0.25) is 0 Å². The molecule has 4 nitrogen and oxygen atoms in total. The maximum Gasteiger partial charge on any atom is 0.335 e. The fourth-order valence-corrected chi connectivity index (χ4v) is 3.11. The van der Waals surface area contributed by atoms with E-state index in [0.29, 0.717) is 17.4 Å². The van der Waals surface area contributed by atoms with E-state index in [1.165, 1.54) is 18.6 Å². The van der Waals surface area contributed by atoms with Crippen LogP contribution in [0.15, 0.2) is 24.3 Å². The van der Waals surface area contributed by atoms with Gasteiger partial charge in [0.05, 0.1) is 5.56 Å². The molecular formula is C13H15NO3S. The standard InChI is InChI=1S/C13H15NO3S/c15-12(14-8-11-5-2-6-18-11)9-3-1-4-10(7-9)13(16)17/h1,3-4,7,11H,2,5-6,8H2,(H,14,15)(H,16,17)/t11-/m1/s1. The molecule has 2 rings (SSSR count). The third kappa shape index (κ3) is 3.26. The Kier molecular flexibility index (Phi) is 4.25. The number of nitrogens with one attached hydrogen (secondary N) is 1. The molecule has 0 saturated carbocycles. The van der Waals surface area contributed by atoms with E-state index in [-0.39, 0.29) is 11.5 Å². The average Bonchev–Trinajstić information content (AvgIpc) is 2.89. The molecule has 0 aliphatic carbocycles. The van der Waals surface area contributed by atoms with Crippen molar-refractivity contribution in [1.82, 2.24) is 5.32 Å². The summed E-state index contributed by atoms with van der Waals surface area (Å²) in [7, 11) is 0. The van der Waals surface area contributed by atoms with Gasteiger partial charge in [0.25, 0.3) is 5.91 Å². The van der Waals surface area contributed by atoms with E-state index in [1.807, 2.05) is 11.8 Å². The van der Waals surface area contributed by atoms with Crippen LogP contribution >= 0.6 is 11.8 Å². The third-order valence-electron chi connectivity index (χ3n) is 2.89. The first kappa shape index (κ1) is 13.0. The molecule has 0 unspecified atom stereocenters. The van der Waals surface area contributed by atoms with Crippen LogP contribution in [-0.2, 0) is 0 Å². The minimum Gasteiger partial charge on any atom is -0.478 e. The van der Waals surface area contributed by atoms with Gasteiger partial charge >= 0.3 is 5.97 Å². The van der Waals surface area contributed by atoms with Gasteiger partial charge in [-0.1, -0.05) is 6.07 Å². The topological polar surface area (TPSA) is 66.4 Å². The van der Waals surface area contributed by atoms with Crippen LogP contribution in [0.3, 0.4) is 0 Å². The number of aromatic carboxylic acids is 1. The quantitative estimate of drug-likeness (QED) is 0.874. The molecule has 1 aromatic carbocycles. The number of thioether (sulfide) groups is 1. The highest BCUT2D eigenvalue weighted by Gasteiger charge is 2.17. The fourth-order valence-electron chi connectivity index (χ4n) is 1.91. The third-order valence-corrected chi connectivity index (χ3v) is 4.28. The van der Waals surface area contributed by atoms with Crippen LogP contribution in [0.1, 0.15) is 33.6 Å². The van der Waals surface area contributed by atoms with E-state index in [1.54, 1.807) is 12.1 Å². The molecule has 0 spiro atoms. The van der Waals surface area contributed by atoms with Crippen molar-refractivity contribution in [1.29, 1.82) is 0 Å². The largest absolute Gasteiger partial charge is 0.478 e. The molecule has 96 valence electrons. The van der Waals surface area contributed by atoms with Crippen molar-refractivity contribution in [3.05, 3.63) is 35.4 Å². The van der Waals surface area contributed by atoms with E-state index in [2.05, 4.69) is 5.32 Å². The molecule has 2 N–H and O–H groups in total. The summed E-state index contributed by atoms with van der Waals surface area (Å²) in [6, 6.07) is 6.09. The van der Waals surface area contributed by atoms with Crippen molar-refractivity contribution < 1.29 is 14.7 Å². The van der Waals surface area contributed by atoms with Crippen LogP contribution in [0.4, 0.5) is 0 Å². The number of amides is 1. The van der Waals surface area contributed by atoms with E-state index < -0.39 is 5.97 Å². The van der Waals surface area contributed by atoms with Gasteiger partial charge in [-0.2, -0.15) is 11.8 Å². The van der Waals surface area contributed by atoms with Gasteiger partial charge in [0.15, 0.2) is 0 Å². The number of carbonyl (C=O) groups excluding carboxylic acids is 1. The molecule has 0 bridgehead atoms. The Balaban J connectivity index is 1.95. The second-order valence-electron chi connectivity index (χ2n) is 4.23. The van der Waals surface area contributed by atoms with Crippen LogP contribution < -0.4 is 5.32 Å². The highest BCUT2D eigenvalue weighted by Crippen LogP contribution is 2.25. The maximum absolute atomic E-state index is 11.9. The van der Waals surface area contributed by atoms with Gasteiger partial charge in [0.1, 0.15) is 0 Å². The van der Waals surface area contributed by atoms with E-state index in [9.17, 15) is 9.59 Å². The lowest BCUT2D eigenvalue weighted by Crippen LogP contribution is -2.29. The summed E-state index contributed by atoms with van der Waals surface area (Å²) in [4.78, 5) is 22.7. The van der Waals surface area contributed by atoms with E-state index >= 15 is 0 Å². The maximum atomic E-state index is 11.9. The Bertz CT molecular complexity index is 455. The number of hydrogen-bond donors (Lipinski definition) is 2. The van der Waals surface area contributed by atoms with Crippen LogP contribution in [0.5, 0.6) is 0 Å². The van der Waals surface area contributed by atoms with Gasteiger partial charge < -0.3 is 10.4 Å². The Morgan fingerprint density at radius 2 is 2.17 bits per heavy atom.